The molecule has 3 rings (SSSR count). The number of carbonyl (C=O) groups is 2. The lowest BCUT2D eigenvalue weighted by atomic mass is 10.1. The van der Waals surface area contributed by atoms with Crippen molar-refractivity contribution in [3.8, 4) is 0 Å². The second-order valence-corrected chi connectivity index (χ2v) is 6.01. The highest BCUT2D eigenvalue weighted by Crippen LogP contribution is 2.17. The Morgan fingerprint density at radius 3 is 2.70 bits per heavy atom. The summed E-state index contributed by atoms with van der Waals surface area (Å²) in [5.41, 5.74) is 0.939. The minimum absolute atomic E-state index is 0.0109. The van der Waals surface area contributed by atoms with E-state index in [-0.39, 0.29) is 30.2 Å². The first-order valence-corrected chi connectivity index (χ1v) is 7.73. The van der Waals surface area contributed by atoms with Crippen molar-refractivity contribution in [2.75, 3.05) is 39.8 Å². The van der Waals surface area contributed by atoms with Crippen molar-refractivity contribution < 1.29 is 14.0 Å². The van der Waals surface area contributed by atoms with E-state index in [0.29, 0.717) is 19.6 Å². The predicted octanol–water partition coefficient (Wildman–Crippen LogP) is 0.824. The highest BCUT2D eigenvalue weighted by atomic mass is 19.1. The number of nitrogens with zero attached hydrogens (tertiary/aromatic N) is 3. The topological polar surface area (TPSA) is 43.9 Å². The van der Waals surface area contributed by atoms with Gasteiger partial charge >= 0.3 is 0 Å². The second kappa shape index (κ2) is 6.50. The highest BCUT2D eigenvalue weighted by Gasteiger charge is 2.40. The average Bonchev–Trinajstić information content (AvgIpc) is 2.54. The molecular weight excluding hydrogens is 297 g/mol. The molecule has 1 aromatic carbocycles. The van der Waals surface area contributed by atoms with Crippen molar-refractivity contribution in [1.29, 1.82) is 0 Å². The molecule has 0 aromatic heterocycles. The van der Waals surface area contributed by atoms with Crippen LogP contribution >= 0.6 is 0 Å². The molecule has 2 aliphatic rings. The summed E-state index contributed by atoms with van der Waals surface area (Å²) in [6.45, 7) is 2.79. The molecule has 5 nitrogen and oxygen atoms in total. The fraction of sp³-hybridized carbons (Fsp3) is 0.412. The van der Waals surface area contributed by atoms with E-state index < -0.39 is 0 Å². The van der Waals surface area contributed by atoms with E-state index in [9.17, 15) is 14.0 Å². The number of halogens is 1. The van der Waals surface area contributed by atoms with Crippen LogP contribution in [0.15, 0.2) is 30.3 Å². The van der Waals surface area contributed by atoms with Crippen molar-refractivity contribution >= 4 is 17.9 Å². The van der Waals surface area contributed by atoms with Crippen LogP contribution in [0.2, 0.25) is 0 Å². The molecule has 0 bridgehead atoms. The molecule has 2 fully saturated rings. The molecule has 23 heavy (non-hydrogen) atoms. The monoisotopic (exact) mass is 317 g/mol. The Morgan fingerprint density at radius 1 is 1.22 bits per heavy atom. The van der Waals surface area contributed by atoms with Crippen LogP contribution in [0, 0.1) is 5.82 Å². The molecular formula is C17H20FN3O2. The summed E-state index contributed by atoms with van der Waals surface area (Å²) in [6.07, 6.45) is 3.94. The summed E-state index contributed by atoms with van der Waals surface area (Å²) >= 11 is 0. The SMILES string of the molecule is CN1CC(=O)N2CCN(C/C=C/c3ccc(F)cc3)C[C@@H]2C1=O. The first-order chi connectivity index (χ1) is 11.0. The van der Waals surface area contributed by atoms with Gasteiger partial charge < -0.3 is 9.80 Å². The fourth-order valence-electron chi connectivity index (χ4n) is 3.05. The van der Waals surface area contributed by atoms with Gasteiger partial charge in [-0.1, -0.05) is 24.3 Å². The number of piperazine rings is 2. The van der Waals surface area contributed by atoms with Gasteiger partial charge in [0.15, 0.2) is 0 Å². The average molecular weight is 317 g/mol. The standard InChI is InChI=1S/C17H20FN3O2/c1-19-12-16(22)21-10-9-20(11-15(21)17(19)23)8-2-3-13-4-6-14(18)7-5-13/h2-7,15H,8-12H2,1H3/b3-2+/t15-/m1/s1. The molecule has 0 radical (unpaired) electrons. The smallest absolute Gasteiger partial charge is 0.246 e. The summed E-state index contributed by atoms with van der Waals surface area (Å²) < 4.78 is 12.9. The molecule has 2 saturated heterocycles. The minimum atomic E-state index is -0.366. The maximum atomic E-state index is 12.9. The van der Waals surface area contributed by atoms with Crippen molar-refractivity contribution in [3.63, 3.8) is 0 Å². The van der Waals surface area contributed by atoms with Crippen LogP contribution in [0.5, 0.6) is 0 Å². The van der Waals surface area contributed by atoms with E-state index in [1.165, 1.54) is 17.0 Å². The summed E-state index contributed by atoms with van der Waals surface area (Å²) in [5.74, 6) is -0.210. The number of benzene rings is 1. The van der Waals surface area contributed by atoms with Crippen LogP contribution in [-0.2, 0) is 9.59 Å². The maximum Gasteiger partial charge on any atom is 0.246 e. The Labute approximate surface area is 135 Å². The van der Waals surface area contributed by atoms with E-state index in [1.807, 2.05) is 12.2 Å². The zero-order valence-corrected chi connectivity index (χ0v) is 13.1. The van der Waals surface area contributed by atoms with Gasteiger partial charge in [-0.3, -0.25) is 14.5 Å². The molecule has 0 spiro atoms. The Hall–Kier alpha value is -2.21. The molecule has 1 aromatic rings. The van der Waals surface area contributed by atoms with Crippen LogP contribution in [-0.4, -0.2) is 72.3 Å². The number of rotatable bonds is 3. The zero-order chi connectivity index (χ0) is 16.4. The molecule has 2 amide bonds. The zero-order valence-electron chi connectivity index (χ0n) is 13.1. The van der Waals surface area contributed by atoms with Crippen molar-refractivity contribution in [2.45, 2.75) is 6.04 Å². The lowest BCUT2D eigenvalue weighted by Crippen LogP contribution is -2.66. The first-order valence-electron chi connectivity index (χ1n) is 7.73. The summed E-state index contributed by atoms with van der Waals surface area (Å²) in [5, 5.41) is 0. The number of amides is 2. The second-order valence-electron chi connectivity index (χ2n) is 6.01. The number of carbonyl (C=O) groups excluding carboxylic acids is 2. The third-order valence-corrected chi connectivity index (χ3v) is 4.36. The lowest BCUT2D eigenvalue weighted by Gasteiger charge is -2.45. The summed E-state index contributed by atoms with van der Waals surface area (Å²) in [7, 11) is 1.67. The van der Waals surface area contributed by atoms with Crippen molar-refractivity contribution in [1.82, 2.24) is 14.7 Å². The third-order valence-electron chi connectivity index (χ3n) is 4.36. The largest absolute Gasteiger partial charge is 0.335 e. The molecule has 0 N–H and O–H groups in total. The molecule has 2 aliphatic heterocycles. The number of hydrogen-bond acceptors (Lipinski definition) is 3. The first kappa shape index (κ1) is 15.7. The Balaban J connectivity index is 1.59. The van der Waals surface area contributed by atoms with Crippen LogP contribution in [0.25, 0.3) is 6.08 Å². The van der Waals surface area contributed by atoms with Gasteiger partial charge in [-0.15, -0.1) is 0 Å². The van der Waals surface area contributed by atoms with Crippen molar-refractivity contribution in [2.24, 2.45) is 0 Å². The lowest BCUT2D eigenvalue weighted by molar-refractivity contribution is -0.158. The molecule has 122 valence electrons. The van der Waals surface area contributed by atoms with Crippen LogP contribution in [0.4, 0.5) is 4.39 Å². The summed E-state index contributed by atoms with van der Waals surface area (Å²) in [4.78, 5) is 29.6. The number of hydrogen-bond donors (Lipinski definition) is 0. The van der Waals surface area contributed by atoms with Gasteiger partial charge in [-0.25, -0.2) is 4.39 Å². The maximum absolute atomic E-state index is 12.9. The van der Waals surface area contributed by atoms with E-state index in [2.05, 4.69) is 4.90 Å². The van der Waals surface area contributed by atoms with Crippen LogP contribution in [0.1, 0.15) is 5.56 Å². The number of fused-ring (bicyclic) bond motifs is 1. The molecule has 0 saturated carbocycles. The van der Waals surface area contributed by atoms with Crippen LogP contribution < -0.4 is 0 Å². The quantitative estimate of drug-likeness (QED) is 0.829. The van der Waals surface area contributed by atoms with Crippen molar-refractivity contribution in [3.05, 3.63) is 41.7 Å². The predicted molar refractivity (Wildman–Crippen MR) is 85.0 cm³/mol. The van der Waals surface area contributed by atoms with E-state index >= 15 is 0 Å². The Bertz CT molecular complexity index is 629. The Kier molecular flexibility index (Phi) is 4.43. The highest BCUT2D eigenvalue weighted by molar-refractivity contribution is 5.95. The minimum Gasteiger partial charge on any atom is -0.335 e. The van der Waals surface area contributed by atoms with Gasteiger partial charge in [0.1, 0.15) is 11.9 Å². The fourth-order valence-corrected chi connectivity index (χ4v) is 3.05. The molecule has 6 heteroatoms. The van der Waals surface area contributed by atoms with E-state index in [0.717, 1.165) is 12.1 Å². The van der Waals surface area contributed by atoms with Gasteiger partial charge in [-0.05, 0) is 17.7 Å². The van der Waals surface area contributed by atoms with Gasteiger partial charge in [0.2, 0.25) is 11.8 Å². The normalized spacial score (nSPS) is 22.8. The van der Waals surface area contributed by atoms with Crippen LogP contribution in [0.3, 0.4) is 0 Å². The molecule has 0 unspecified atom stereocenters. The van der Waals surface area contributed by atoms with Gasteiger partial charge in [-0.2, -0.15) is 0 Å². The van der Waals surface area contributed by atoms with E-state index in [4.69, 9.17) is 0 Å². The third kappa shape index (κ3) is 3.42. The Morgan fingerprint density at radius 2 is 1.96 bits per heavy atom. The van der Waals surface area contributed by atoms with E-state index in [1.54, 1.807) is 24.1 Å². The van der Waals surface area contributed by atoms with Gasteiger partial charge in [0.05, 0.1) is 6.54 Å². The van der Waals surface area contributed by atoms with Gasteiger partial charge in [0, 0.05) is 33.2 Å². The molecule has 2 heterocycles. The number of likely N-dealkylation sites (N-methyl/N-ethyl adjacent to an activating group) is 1. The van der Waals surface area contributed by atoms with Gasteiger partial charge in [0.25, 0.3) is 0 Å². The molecule has 1 atom stereocenters. The molecule has 0 aliphatic carbocycles. The summed E-state index contributed by atoms with van der Waals surface area (Å²) in [6, 6.07) is 5.94.